The maximum Gasteiger partial charge on any atom is 0.152 e. The first kappa shape index (κ1) is 23.1. The van der Waals surface area contributed by atoms with Crippen molar-refractivity contribution in [2.24, 2.45) is 0 Å². The molecule has 2 aromatic heterocycles. The molecule has 8 heteroatoms. The zero-order chi connectivity index (χ0) is 24.0. The number of rotatable bonds is 8. The molecule has 5 aromatic rings. The Labute approximate surface area is 212 Å². The van der Waals surface area contributed by atoms with Gasteiger partial charge in [-0.15, -0.1) is 0 Å². The average molecular weight is 502 g/mol. The van der Waals surface area contributed by atoms with E-state index >= 15 is 0 Å². The summed E-state index contributed by atoms with van der Waals surface area (Å²) >= 11 is 7.65. The second-order valence-corrected chi connectivity index (χ2v) is 9.08. The Balaban J connectivity index is 1.32. The van der Waals surface area contributed by atoms with Crippen LogP contribution in [-0.4, -0.2) is 21.5 Å². The first-order valence-corrected chi connectivity index (χ1v) is 12.2. The van der Waals surface area contributed by atoms with Crippen LogP contribution in [0.3, 0.4) is 0 Å². The van der Waals surface area contributed by atoms with Gasteiger partial charge in [0.05, 0.1) is 22.9 Å². The highest BCUT2D eigenvalue weighted by Gasteiger charge is 2.09. The highest BCUT2D eigenvalue weighted by atomic mass is 35.5. The molecule has 2 heterocycles. The number of aromatic nitrogens is 3. The largest absolute Gasteiger partial charge is 0.368 e. The topological polar surface area (TPSA) is 62.7 Å². The lowest BCUT2D eigenvalue weighted by Gasteiger charge is -2.10. The molecule has 0 saturated heterocycles. The monoisotopic (exact) mass is 501 g/mol. The summed E-state index contributed by atoms with van der Waals surface area (Å²) in [6.07, 6.45) is 4.39. The first-order valence-electron chi connectivity index (χ1n) is 11.0. The molecule has 5 rings (SSSR count). The number of pyridine rings is 1. The molecule has 35 heavy (non-hydrogen) atoms. The van der Waals surface area contributed by atoms with Crippen molar-refractivity contribution in [2.45, 2.75) is 11.3 Å². The zero-order valence-corrected chi connectivity index (χ0v) is 20.2. The van der Waals surface area contributed by atoms with E-state index in [1.54, 1.807) is 24.5 Å². The van der Waals surface area contributed by atoms with Crippen molar-refractivity contribution in [3.63, 3.8) is 0 Å². The Morgan fingerprint density at radius 1 is 0.829 bits per heavy atom. The number of nitrogens with zero attached hydrogens (tertiary/aromatic N) is 3. The quantitative estimate of drug-likeness (QED) is 0.172. The predicted octanol–water partition coefficient (Wildman–Crippen LogP) is 7.26. The van der Waals surface area contributed by atoms with Gasteiger partial charge in [0.1, 0.15) is 11.6 Å². The van der Waals surface area contributed by atoms with Gasteiger partial charge in [0.2, 0.25) is 0 Å². The van der Waals surface area contributed by atoms with E-state index in [1.807, 2.05) is 42.5 Å². The molecule has 0 amide bonds. The van der Waals surface area contributed by atoms with Crippen LogP contribution in [-0.2, 0) is 6.42 Å². The molecule has 0 aliphatic rings. The number of halogens is 2. The second kappa shape index (κ2) is 10.7. The number of hydrogen-bond acceptors (Lipinski definition) is 6. The van der Waals surface area contributed by atoms with E-state index in [1.165, 1.54) is 29.6 Å². The summed E-state index contributed by atoms with van der Waals surface area (Å²) in [4.78, 5) is 14.5. The number of fused-ring (bicyclic) bond motifs is 1. The summed E-state index contributed by atoms with van der Waals surface area (Å²) in [5, 5.41) is 3.71. The number of nitrogens with one attached hydrogen (secondary N) is 2. The normalized spacial score (nSPS) is 10.9. The van der Waals surface area contributed by atoms with Crippen LogP contribution in [0.2, 0.25) is 5.15 Å². The molecule has 0 fully saturated rings. The molecular formula is C27H21ClFN5S. The van der Waals surface area contributed by atoms with Gasteiger partial charge in [-0.1, -0.05) is 48.0 Å². The van der Waals surface area contributed by atoms with Crippen LogP contribution < -0.4 is 10.0 Å². The Morgan fingerprint density at radius 2 is 1.66 bits per heavy atom. The lowest BCUT2D eigenvalue weighted by atomic mass is 10.1. The molecule has 5 nitrogen and oxygen atoms in total. The molecule has 0 bridgehead atoms. The minimum Gasteiger partial charge on any atom is -0.368 e. The van der Waals surface area contributed by atoms with E-state index in [4.69, 9.17) is 16.6 Å². The molecule has 0 radical (unpaired) electrons. The van der Waals surface area contributed by atoms with Crippen LogP contribution in [0.15, 0.2) is 96.2 Å². The van der Waals surface area contributed by atoms with E-state index in [-0.39, 0.29) is 5.82 Å². The van der Waals surface area contributed by atoms with Crippen molar-refractivity contribution in [1.82, 2.24) is 15.0 Å². The molecule has 3 aromatic carbocycles. The fraction of sp³-hybridized carbons (Fsp3) is 0.0741. The SMILES string of the molecule is Fc1ccc(SNc2cc(-c3ccc4ncc(NCCc5ccccc5)nc4c3)cnc2Cl)cc1. The zero-order valence-electron chi connectivity index (χ0n) is 18.6. The summed E-state index contributed by atoms with van der Waals surface area (Å²) in [7, 11) is 0. The van der Waals surface area contributed by atoms with Crippen molar-refractivity contribution in [2.75, 3.05) is 16.6 Å². The van der Waals surface area contributed by atoms with E-state index < -0.39 is 0 Å². The standard InChI is InChI=1S/C27H21ClFN5S/c28-27-25(34-35-22-9-7-21(29)8-10-22)15-20(16-32-27)19-6-11-23-24(14-19)33-26(17-31-23)30-13-12-18-4-2-1-3-5-18/h1-11,14-17,34H,12-13H2,(H,30,33). The van der Waals surface area contributed by atoms with Gasteiger partial charge in [-0.25, -0.2) is 14.4 Å². The molecule has 0 spiro atoms. The summed E-state index contributed by atoms with van der Waals surface area (Å²) < 4.78 is 16.4. The van der Waals surface area contributed by atoms with E-state index in [0.717, 1.165) is 45.8 Å². The fourth-order valence-corrected chi connectivity index (χ4v) is 4.41. The van der Waals surface area contributed by atoms with Gasteiger partial charge in [-0.2, -0.15) is 0 Å². The molecule has 2 N–H and O–H groups in total. The highest BCUT2D eigenvalue weighted by molar-refractivity contribution is 8.00. The Bertz CT molecular complexity index is 1450. The Morgan fingerprint density at radius 3 is 2.49 bits per heavy atom. The molecule has 0 saturated carbocycles. The van der Waals surface area contributed by atoms with Gasteiger partial charge in [-0.05, 0) is 72.0 Å². The van der Waals surface area contributed by atoms with Gasteiger partial charge >= 0.3 is 0 Å². The molecule has 0 unspecified atom stereocenters. The lowest BCUT2D eigenvalue weighted by molar-refractivity contribution is 0.626. The van der Waals surface area contributed by atoms with Gasteiger partial charge in [-0.3, -0.25) is 4.98 Å². The number of benzene rings is 3. The third-order valence-electron chi connectivity index (χ3n) is 5.37. The van der Waals surface area contributed by atoms with Gasteiger partial charge in [0.15, 0.2) is 5.15 Å². The van der Waals surface area contributed by atoms with E-state index in [2.05, 4.69) is 32.1 Å². The van der Waals surface area contributed by atoms with Crippen LogP contribution in [0.5, 0.6) is 0 Å². The number of anilines is 2. The molecule has 0 aliphatic heterocycles. The highest BCUT2D eigenvalue weighted by Crippen LogP contribution is 2.31. The summed E-state index contributed by atoms with van der Waals surface area (Å²) in [5.41, 5.74) is 5.39. The van der Waals surface area contributed by atoms with Gasteiger partial charge < -0.3 is 10.0 Å². The minimum atomic E-state index is -0.273. The summed E-state index contributed by atoms with van der Waals surface area (Å²) in [5.74, 6) is 0.461. The van der Waals surface area contributed by atoms with Gasteiger partial charge in [0, 0.05) is 23.2 Å². The van der Waals surface area contributed by atoms with Crippen LogP contribution in [0.1, 0.15) is 5.56 Å². The average Bonchev–Trinajstić information content (AvgIpc) is 2.89. The van der Waals surface area contributed by atoms with Crippen LogP contribution in [0.25, 0.3) is 22.2 Å². The first-order chi connectivity index (χ1) is 17.1. The molecule has 174 valence electrons. The van der Waals surface area contributed by atoms with Crippen molar-refractivity contribution >= 4 is 46.1 Å². The maximum absolute atomic E-state index is 13.1. The van der Waals surface area contributed by atoms with Crippen molar-refractivity contribution < 1.29 is 4.39 Å². The lowest BCUT2D eigenvalue weighted by Crippen LogP contribution is -2.06. The molecular weight excluding hydrogens is 481 g/mol. The summed E-state index contributed by atoms with van der Waals surface area (Å²) in [6.45, 7) is 0.770. The van der Waals surface area contributed by atoms with Gasteiger partial charge in [0.25, 0.3) is 0 Å². The van der Waals surface area contributed by atoms with Crippen molar-refractivity contribution in [1.29, 1.82) is 0 Å². The van der Waals surface area contributed by atoms with Crippen molar-refractivity contribution in [3.05, 3.63) is 108 Å². The van der Waals surface area contributed by atoms with E-state index in [9.17, 15) is 4.39 Å². The Kier molecular flexibility index (Phi) is 7.07. The van der Waals surface area contributed by atoms with Crippen LogP contribution in [0, 0.1) is 5.82 Å². The second-order valence-electron chi connectivity index (χ2n) is 7.84. The van der Waals surface area contributed by atoms with Crippen molar-refractivity contribution in [3.8, 4) is 11.1 Å². The predicted molar refractivity (Wildman–Crippen MR) is 142 cm³/mol. The minimum absolute atomic E-state index is 0.273. The van der Waals surface area contributed by atoms with E-state index in [0.29, 0.717) is 10.8 Å². The molecule has 0 aliphatic carbocycles. The van der Waals surface area contributed by atoms with Crippen LogP contribution >= 0.6 is 23.5 Å². The summed E-state index contributed by atoms with van der Waals surface area (Å²) in [6, 6.07) is 24.4. The third kappa shape index (κ3) is 5.88. The maximum atomic E-state index is 13.1. The third-order valence-corrected chi connectivity index (χ3v) is 6.50. The molecule has 0 atom stereocenters. The van der Waals surface area contributed by atoms with Crippen LogP contribution in [0.4, 0.5) is 15.9 Å². The Hall–Kier alpha value is -3.68. The fourth-order valence-electron chi connectivity index (χ4n) is 3.55. The number of hydrogen-bond donors (Lipinski definition) is 2. The smallest absolute Gasteiger partial charge is 0.152 e.